The van der Waals surface area contributed by atoms with Gasteiger partial charge in [-0.15, -0.1) is 0 Å². The van der Waals surface area contributed by atoms with E-state index in [1.54, 1.807) is 24.3 Å². The van der Waals surface area contributed by atoms with Crippen molar-refractivity contribution in [1.82, 2.24) is 5.32 Å². The fraction of sp³-hybridized carbons (Fsp3) is 0.529. The molecule has 0 saturated heterocycles. The summed E-state index contributed by atoms with van der Waals surface area (Å²) in [4.78, 5) is 23.7. The first-order chi connectivity index (χ1) is 10.2. The van der Waals surface area contributed by atoms with Crippen molar-refractivity contribution >= 4 is 17.5 Å². The quantitative estimate of drug-likeness (QED) is 0.871. The van der Waals surface area contributed by atoms with Crippen LogP contribution in [0.4, 0.5) is 5.69 Å². The molecule has 1 fully saturated rings. The molecule has 1 saturated carbocycles. The van der Waals surface area contributed by atoms with Crippen LogP contribution in [-0.2, 0) is 4.79 Å². The zero-order valence-corrected chi connectivity index (χ0v) is 12.7. The third kappa shape index (κ3) is 4.88. The number of hydrogen-bond donors (Lipinski definition) is 2. The lowest BCUT2D eigenvalue weighted by atomic mass is 9.95. The number of benzene rings is 1. The van der Waals surface area contributed by atoms with E-state index in [1.807, 2.05) is 6.92 Å². The Kier molecular flexibility index (Phi) is 5.78. The summed E-state index contributed by atoms with van der Waals surface area (Å²) in [7, 11) is 0. The number of carbonyl (C=O) groups is 2. The lowest BCUT2D eigenvalue weighted by Gasteiger charge is -2.22. The van der Waals surface area contributed by atoms with E-state index in [-0.39, 0.29) is 11.8 Å². The van der Waals surface area contributed by atoms with Crippen LogP contribution in [0.2, 0.25) is 0 Å². The van der Waals surface area contributed by atoms with Gasteiger partial charge in [0.1, 0.15) is 0 Å². The van der Waals surface area contributed by atoms with Crippen molar-refractivity contribution in [3.63, 3.8) is 0 Å². The molecule has 0 spiro atoms. The summed E-state index contributed by atoms with van der Waals surface area (Å²) in [6, 6.07) is 7.40. The second kappa shape index (κ2) is 7.81. The van der Waals surface area contributed by atoms with Crippen LogP contribution in [0, 0.1) is 0 Å². The highest BCUT2D eigenvalue weighted by Crippen LogP contribution is 2.18. The number of anilines is 1. The molecule has 0 radical (unpaired) electrons. The highest BCUT2D eigenvalue weighted by molar-refractivity contribution is 5.95. The normalized spacial score (nSPS) is 15.5. The van der Waals surface area contributed by atoms with Crippen LogP contribution in [0.5, 0.6) is 0 Å². The van der Waals surface area contributed by atoms with Crippen LogP contribution in [0.1, 0.15) is 62.2 Å². The molecule has 0 bridgehead atoms. The largest absolute Gasteiger partial charge is 0.349 e. The molecule has 4 nitrogen and oxygen atoms in total. The Hall–Kier alpha value is -1.84. The average Bonchev–Trinajstić information content (AvgIpc) is 2.49. The number of nitrogens with one attached hydrogen (secondary N) is 2. The topological polar surface area (TPSA) is 58.2 Å². The van der Waals surface area contributed by atoms with E-state index in [4.69, 9.17) is 0 Å². The monoisotopic (exact) mass is 288 g/mol. The molecule has 0 aromatic heterocycles. The van der Waals surface area contributed by atoms with Gasteiger partial charge < -0.3 is 10.6 Å². The van der Waals surface area contributed by atoms with Gasteiger partial charge in [0.2, 0.25) is 5.91 Å². The fourth-order valence-corrected chi connectivity index (χ4v) is 2.67. The summed E-state index contributed by atoms with van der Waals surface area (Å²) < 4.78 is 0. The second-order valence-corrected chi connectivity index (χ2v) is 5.68. The number of hydrogen-bond acceptors (Lipinski definition) is 2. The van der Waals surface area contributed by atoms with Crippen molar-refractivity contribution in [3.8, 4) is 0 Å². The summed E-state index contributed by atoms with van der Waals surface area (Å²) in [5, 5.41) is 5.91. The molecule has 1 aromatic carbocycles. The van der Waals surface area contributed by atoms with Gasteiger partial charge in [0.05, 0.1) is 0 Å². The van der Waals surface area contributed by atoms with Crippen LogP contribution in [0.25, 0.3) is 0 Å². The molecular weight excluding hydrogens is 264 g/mol. The Morgan fingerprint density at radius 2 is 1.76 bits per heavy atom. The maximum absolute atomic E-state index is 12.2. The molecule has 1 aliphatic carbocycles. The van der Waals surface area contributed by atoms with Crippen LogP contribution < -0.4 is 10.6 Å². The summed E-state index contributed by atoms with van der Waals surface area (Å²) in [6.45, 7) is 1.97. The Balaban J connectivity index is 1.88. The number of amides is 2. The molecular formula is C17H24N2O2. The first kappa shape index (κ1) is 15.5. The summed E-state index contributed by atoms with van der Waals surface area (Å²) in [6.07, 6.45) is 7.19. The van der Waals surface area contributed by atoms with Crippen LogP contribution >= 0.6 is 0 Å². The zero-order chi connectivity index (χ0) is 15.1. The van der Waals surface area contributed by atoms with Crippen molar-refractivity contribution in [1.29, 1.82) is 0 Å². The van der Waals surface area contributed by atoms with Crippen LogP contribution in [-0.4, -0.2) is 17.9 Å². The molecule has 2 N–H and O–H groups in total. The minimum absolute atomic E-state index is 0.0110. The highest BCUT2D eigenvalue weighted by atomic mass is 16.2. The number of rotatable bonds is 5. The minimum atomic E-state index is -0.0201. The van der Waals surface area contributed by atoms with Gasteiger partial charge in [-0.25, -0.2) is 0 Å². The molecule has 0 heterocycles. The lowest BCUT2D eigenvalue weighted by molar-refractivity contribution is -0.116. The van der Waals surface area contributed by atoms with E-state index in [2.05, 4.69) is 10.6 Å². The zero-order valence-electron chi connectivity index (χ0n) is 12.7. The Labute approximate surface area is 126 Å². The maximum atomic E-state index is 12.2. The van der Waals surface area contributed by atoms with Gasteiger partial charge in [-0.05, 0) is 43.5 Å². The minimum Gasteiger partial charge on any atom is -0.349 e. The first-order valence-electron chi connectivity index (χ1n) is 7.90. The van der Waals surface area contributed by atoms with Gasteiger partial charge >= 0.3 is 0 Å². The van der Waals surface area contributed by atoms with E-state index >= 15 is 0 Å². The van der Waals surface area contributed by atoms with Crippen molar-refractivity contribution in [2.24, 2.45) is 0 Å². The summed E-state index contributed by atoms with van der Waals surface area (Å²) in [5.41, 5.74) is 1.39. The highest BCUT2D eigenvalue weighted by Gasteiger charge is 2.16. The van der Waals surface area contributed by atoms with E-state index in [9.17, 15) is 9.59 Å². The van der Waals surface area contributed by atoms with Gasteiger partial charge in [-0.2, -0.15) is 0 Å². The van der Waals surface area contributed by atoms with Crippen molar-refractivity contribution in [2.75, 3.05) is 5.32 Å². The summed E-state index contributed by atoms with van der Waals surface area (Å²) in [5.74, 6) is -0.00904. The molecule has 0 atom stereocenters. The molecule has 114 valence electrons. The molecule has 1 aromatic rings. The van der Waals surface area contributed by atoms with Crippen molar-refractivity contribution in [2.45, 2.75) is 57.9 Å². The predicted octanol–water partition coefficient (Wildman–Crippen LogP) is 3.49. The second-order valence-electron chi connectivity index (χ2n) is 5.68. The third-order valence-corrected chi connectivity index (χ3v) is 3.85. The SMILES string of the molecule is CCCC(=O)Nc1ccc(C(=O)NC2CCCCC2)cc1. The lowest BCUT2D eigenvalue weighted by Crippen LogP contribution is -2.36. The fourth-order valence-electron chi connectivity index (χ4n) is 2.67. The van der Waals surface area contributed by atoms with Gasteiger partial charge in [-0.3, -0.25) is 9.59 Å². The standard InChI is InChI=1S/C17H24N2O2/c1-2-6-16(20)18-15-11-9-13(10-12-15)17(21)19-14-7-4-3-5-8-14/h9-12,14H,2-8H2,1H3,(H,18,20)(H,19,21). The smallest absolute Gasteiger partial charge is 0.251 e. The molecule has 4 heteroatoms. The van der Waals surface area contributed by atoms with Crippen LogP contribution in [0.15, 0.2) is 24.3 Å². The molecule has 2 rings (SSSR count). The molecule has 0 unspecified atom stereocenters. The first-order valence-corrected chi connectivity index (χ1v) is 7.90. The van der Waals surface area contributed by atoms with E-state index in [0.29, 0.717) is 18.0 Å². The molecule has 2 amide bonds. The van der Waals surface area contributed by atoms with Gasteiger partial charge in [0.25, 0.3) is 5.91 Å². The van der Waals surface area contributed by atoms with Crippen molar-refractivity contribution < 1.29 is 9.59 Å². The van der Waals surface area contributed by atoms with Gasteiger partial charge in [0, 0.05) is 23.7 Å². The van der Waals surface area contributed by atoms with Crippen LogP contribution in [0.3, 0.4) is 0 Å². The maximum Gasteiger partial charge on any atom is 0.251 e. The molecule has 21 heavy (non-hydrogen) atoms. The Morgan fingerprint density at radius 3 is 2.38 bits per heavy atom. The van der Waals surface area contributed by atoms with Crippen molar-refractivity contribution in [3.05, 3.63) is 29.8 Å². The van der Waals surface area contributed by atoms with E-state index in [0.717, 1.165) is 24.9 Å². The van der Waals surface area contributed by atoms with E-state index < -0.39 is 0 Å². The molecule has 1 aliphatic rings. The summed E-state index contributed by atoms with van der Waals surface area (Å²) >= 11 is 0. The Bertz CT molecular complexity index is 476. The van der Waals surface area contributed by atoms with E-state index in [1.165, 1.54) is 19.3 Å². The molecule has 0 aliphatic heterocycles. The average molecular weight is 288 g/mol. The van der Waals surface area contributed by atoms with Gasteiger partial charge in [-0.1, -0.05) is 26.2 Å². The Morgan fingerprint density at radius 1 is 1.10 bits per heavy atom. The predicted molar refractivity (Wildman–Crippen MR) is 84.3 cm³/mol. The number of carbonyl (C=O) groups excluding carboxylic acids is 2. The third-order valence-electron chi connectivity index (χ3n) is 3.85. The van der Waals surface area contributed by atoms with Gasteiger partial charge in [0.15, 0.2) is 0 Å².